The molecule has 0 amide bonds. The summed E-state index contributed by atoms with van der Waals surface area (Å²) in [6, 6.07) is -0.427. The number of ether oxygens (including phenoxy) is 1. The Morgan fingerprint density at radius 3 is 2.73 bits per heavy atom. The minimum atomic E-state index is -0.427. The molecule has 3 atom stereocenters. The Balaban J connectivity index is 2.35. The van der Waals surface area contributed by atoms with Gasteiger partial charge in [0.25, 0.3) is 0 Å². The molecule has 88 valence electrons. The first-order valence-electron chi connectivity index (χ1n) is 6.11. The lowest BCUT2D eigenvalue weighted by atomic mass is 9.88. The molecule has 0 aliphatic heterocycles. The van der Waals surface area contributed by atoms with Crippen LogP contribution in [0.1, 0.15) is 52.4 Å². The van der Waals surface area contributed by atoms with Crippen LogP contribution in [0.25, 0.3) is 0 Å². The second kappa shape index (κ2) is 6.11. The predicted octanol–water partition coefficient (Wildman–Crippen LogP) is 2.24. The summed E-state index contributed by atoms with van der Waals surface area (Å²) in [7, 11) is 0. The number of carbonyl (C=O) groups excluding carboxylic acids is 1. The maximum Gasteiger partial charge on any atom is 0.323 e. The molecule has 0 heterocycles. The third kappa shape index (κ3) is 3.82. The maximum absolute atomic E-state index is 11.6. The minimum absolute atomic E-state index is 0.106. The third-order valence-corrected chi connectivity index (χ3v) is 3.20. The molecule has 1 aliphatic carbocycles. The Hall–Kier alpha value is -0.570. The molecular weight excluding hydrogens is 190 g/mol. The van der Waals surface area contributed by atoms with E-state index in [2.05, 4.69) is 6.92 Å². The van der Waals surface area contributed by atoms with Gasteiger partial charge in [0.05, 0.1) is 0 Å². The largest absolute Gasteiger partial charge is 0.461 e. The molecule has 0 radical (unpaired) electrons. The van der Waals surface area contributed by atoms with Crippen molar-refractivity contribution in [2.45, 2.75) is 64.5 Å². The van der Waals surface area contributed by atoms with Gasteiger partial charge >= 0.3 is 5.97 Å². The average molecular weight is 213 g/mol. The number of nitrogens with two attached hydrogens (primary N) is 1. The van der Waals surface area contributed by atoms with Crippen LogP contribution >= 0.6 is 0 Å². The predicted molar refractivity (Wildman–Crippen MR) is 60.4 cm³/mol. The van der Waals surface area contributed by atoms with Crippen molar-refractivity contribution in [1.29, 1.82) is 0 Å². The molecule has 1 aliphatic rings. The summed E-state index contributed by atoms with van der Waals surface area (Å²) in [4.78, 5) is 11.6. The topological polar surface area (TPSA) is 52.3 Å². The normalized spacial score (nSPS) is 28.5. The van der Waals surface area contributed by atoms with Gasteiger partial charge in [-0.25, -0.2) is 0 Å². The standard InChI is InChI=1S/C12H23NO2/c1-3-6-10(13)12(14)15-11-8-5-4-7-9(11)2/h9-11H,3-8,13H2,1-2H3/t9?,10-,11?/m0/s1. The summed E-state index contributed by atoms with van der Waals surface area (Å²) in [5.74, 6) is 0.284. The Bertz CT molecular complexity index is 206. The lowest BCUT2D eigenvalue weighted by Crippen LogP contribution is -2.37. The summed E-state index contributed by atoms with van der Waals surface area (Å²) in [6.45, 7) is 4.18. The van der Waals surface area contributed by atoms with Crippen LogP contribution in [0.3, 0.4) is 0 Å². The first kappa shape index (κ1) is 12.5. The second-order valence-corrected chi connectivity index (χ2v) is 4.63. The zero-order chi connectivity index (χ0) is 11.3. The van der Waals surface area contributed by atoms with Gasteiger partial charge < -0.3 is 10.5 Å². The molecule has 3 heteroatoms. The molecule has 15 heavy (non-hydrogen) atoms. The van der Waals surface area contributed by atoms with E-state index in [-0.39, 0.29) is 12.1 Å². The lowest BCUT2D eigenvalue weighted by Gasteiger charge is -2.29. The molecular formula is C12H23NO2. The molecule has 1 saturated carbocycles. The van der Waals surface area contributed by atoms with Gasteiger partial charge in [0, 0.05) is 0 Å². The zero-order valence-electron chi connectivity index (χ0n) is 9.87. The quantitative estimate of drug-likeness (QED) is 0.729. The Morgan fingerprint density at radius 2 is 2.13 bits per heavy atom. The highest BCUT2D eigenvalue weighted by atomic mass is 16.5. The molecule has 3 nitrogen and oxygen atoms in total. The Morgan fingerprint density at radius 1 is 1.47 bits per heavy atom. The van der Waals surface area contributed by atoms with Crippen LogP contribution < -0.4 is 5.73 Å². The third-order valence-electron chi connectivity index (χ3n) is 3.20. The lowest BCUT2D eigenvalue weighted by molar-refractivity contribution is -0.155. The van der Waals surface area contributed by atoms with E-state index in [0.29, 0.717) is 5.92 Å². The highest BCUT2D eigenvalue weighted by Crippen LogP contribution is 2.26. The summed E-state index contributed by atoms with van der Waals surface area (Å²) in [6.07, 6.45) is 6.36. The van der Waals surface area contributed by atoms with E-state index in [0.717, 1.165) is 19.3 Å². The van der Waals surface area contributed by atoms with Crippen molar-refractivity contribution in [2.75, 3.05) is 0 Å². The summed E-state index contributed by atoms with van der Waals surface area (Å²) < 4.78 is 5.45. The number of hydrogen-bond donors (Lipinski definition) is 1. The van der Waals surface area contributed by atoms with Crippen LogP contribution in [0.4, 0.5) is 0 Å². The molecule has 0 aromatic heterocycles. The van der Waals surface area contributed by atoms with Crippen molar-refractivity contribution in [3.63, 3.8) is 0 Å². The number of carbonyl (C=O) groups is 1. The number of rotatable bonds is 4. The highest BCUT2D eigenvalue weighted by Gasteiger charge is 2.26. The fraction of sp³-hybridized carbons (Fsp3) is 0.917. The van der Waals surface area contributed by atoms with E-state index < -0.39 is 6.04 Å². The highest BCUT2D eigenvalue weighted by molar-refractivity contribution is 5.75. The van der Waals surface area contributed by atoms with Gasteiger partial charge in [0.2, 0.25) is 0 Å². The second-order valence-electron chi connectivity index (χ2n) is 4.63. The zero-order valence-corrected chi connectivity index (χ0v) is 9.87. The first-order chi connectivity index (χ1) is 7.15. The maximum atomic E-state index is 11.6. The van der Waals surface area contributed by atoms with Crippen molar-refractivity contribution >= 4 is 5.97 Å². The number of esters is 1. The molecule has 1 fully saturated rings. The van der Waals surface area contributed by atoms with Gasteiger partial charge in [0.1, 0.15) is 12.1 Å². The van der Waals surface area contributed by atoms with E-state index in [1.807, 2.05) is 6.92 Å². The van der Waals surface area contributed by atoms with Gasteiger partial charge in [-0.2, -0.15) is 0 Å². The van der Waals surface area contributed by atoms with E-state index in [1.165, 1.54) is 19.3 Å². The number of hydrogen-bond acceptors (Lipinski definition) is 3. The van der Waals surface area contributed by atoms with Crippen LogP contribution in [-0.4, -0.2) is 18.1 Å². The fourth-order valence-corrected chi connectivity index (χ4v) is 2.12. The van der Waals surface area contributed by atoms with Gasteiger partial charge in [-0.3, -0.25) is 4.79 Å². The van der Waals surface area contributed by atoms with Crippen LogP contribution in [0.5, 0.6) is 0 Å². The van der Waals surface area contributed by atoms with E-state index in [9.17, 15) is 4.79 Å². The van der Waals surface area contributed by atoms with Gasteiger partial charge in [0.15, 0.2) is 0 Å². The van der Waals surface area contributed by atoms with Crippen molar-refractivity contribution in [3.8, 4) is 0 Å². The van der Waals surface area contributed by atoms with E-state index in [4.69, 9.17) is 10.5 Å². The van der Waals surface area contributed by atoms with Crippen LogP contribution in [0, 0.1) is 5.92 Å². The average Bonchev–Trinajstić information content (AvgIpc) is 2.21. The summed E-state index contributed by atoms with van der Waals surface area (Å²) in [5, 5.41) is 0. The van der Waals surface area contributed by atoms with Crippen LogP contribution in [-0.2, 0) is 9.53 Å². The van der Waals surface area contributed by atoms with Gasteiger partial charge in [-0.15, -0.1) is 0 Å². The van der Waals surface area contributed by atoms with E-state index in [1.54, 1.807) is 0 Å². The van der Waals surface area contributed by atoms with Crippen molar-refractivity contribution in [2.24, 2.45) is 11.7 Å². The van der Waals surface area contributed by atoms with Crippen LogP contribution in [0.2, 0.25) is 0 Å². The minimum Gasteiger partial charge on any atom is -0.461 e. The molecule has 0 aromatic carbocycles. The van der Waals surface area contributed by atoms with Crippen molar-refractivity contribution < 1.29 is 9.53 Å². The molecule has 0 bridgehead atoms. The molecule has 0 spiro atoms. The molecule has 0 aromatic rings. The summed E-state index contributed by atoms with van der Waals surface area (Å²) >= 11 is 0. The summed E-state index contributed by atoms with van der Waals surface area (Å²) in [5.41, 5.74) is 5.72. The Labute approximate surface area is 92.4 Å². The van der Waals surface area contributed by atoms with Crippen LogP contribution in [0.15, 0.2) is 0 Å². The molecule has 2 N–H and O–H groups in total. The smallest absolute Gasteiger partial charge is 0.323 e. The van der Waals surface area contributed by atoms with Crippen molar-refractivity contribution in [3.05, 3.63) is 0 Å². The van der Waals surface area contributed by atoms with E-state index >= 15 is 0 Å². The monoisotopic (exact) mass is 213 g/mol. The molecule has 0 saturated heterocycles. The van der Waals surface area contributed by atoms with Gasteiger partial charge in [-0.05, 0) is 31.6 Å². The fourth-order valence-electron chi connectivity index (χ4n) is 2.12. The molecule has 1 rings (SSSR count). The van der Waals surface area contributed by atoms with Gasteiger partial charge in [-0.1, -0.05) is 26.7 Å². The molecule has 2 unspecified atom stereocenters. The first-order valence-corrected chi connectivity index (χ1v) is 6.11. The van der Waals surface area contributed by atoms with Crippen molar-refractivity contribution in [1.82, 2.24) is 0 Å². The Kier molecular flexibility index (Phi) is 5.09. The SMILES string of the molecule is CCC[C@H](N)C(=O)OC1CCCCC1C.